The summed E-state index contributed by atoms with van der Waals surface area (Å²) in [6, 6.07) is 14.1. The summed E-state index contributed by atoms with van der Waals surface area (Å²) in [7, 11) is 1.66. The summed E-state index contributed by atoms with van der Waals surface area (Å²) >= 11 is 0. The zero-order chi connectivity index (χ0) is 17.6. The molecule has 1 aliphatic carbocycles. The molecular formula is C21H24N2O2. The van der Waals surface area contributed by atoms with Gasteiger partial charge in [0.15, 0.2) is 0 Å². The molecule has 0 unspecified atom stereocenters. The predicted molar refractivity (Wildman–Crippen MR) is 98.6 cm³/mol. The van der Waals surface area contributed by atoms with Crippen molar-refractivity contribution in [2.75, 3.05) is 20.2 Å². The molecule has 2 aromatic rings. The number of amides is 1. The minimum Gasteiger partial charge on any atom is -0.497 e. The Morgan fingerprint density at radius 3 is 2.88 bits per heavy atom. The van der Waals surface area contributed by atoms with Crippen molar-refractivity contribution in [3.8, 4) is 16.9 Å². The number of likely N-dealkylation sites (tertiary alicyclic amines) is 1. The second kappa shape index (κ2) is 6.19. The van der Waals surface area contributed by atoms with E-state index in [4.69, 9.17) is 10.5 Å². The topological polar surface area (TPSA) is 55.6 Å². The van der Waals surface area contributed by atoms with Crippen molar-refractivity contribution in [3.05, 3.63) is 53.6 Å². The van der Waals surface area contributed by atoms with Gasteiger partial charge in [0.05, 0.1) is 7.11 Å². The summed E-state index contributed by atoms with van der Waals surface area (Å²) in [5.74, 6) is 2.16. The van der Waals surface area contributed by atoms with E-state index >= 15 is 0 Å². The lowest BCUT2D eigenvalue weighted by atomic mass is 9.96. The second-order valence-corrected chi connectivity index (χ2v) is 7.20. The van der Waals surface area contributed by atoms with Crippen molar-refractivity contribution in [1.82, 2.24) is 4.90 Å². The van der Waals surface area contributed by atoms with Crippen molar-refractivity contribution >= 4 is 5.91 Å². The van der Waals surface area contributed by atoms with Gasteiger partial charge in [-0.15, -0.1) is 0 Å². The molecule has 2 fully saturated rings. The fraction of sp³-hybridized carbons (Fsp3) is 0.381. The van der Waals surface area contributed by atoms with E-state index < -0.39 is 0 Å². The molecule has 4 heteroatoms. The van der Waals surface area contributed by atoms with Crippen LogP contribution in [0, 0.1) is 18.8 Å². The number of carbonyl (C=O) groups is 1. The Bertz CT molecular complexity index is 817. The predicted octanol–water partition coefficient (Wildman–Crippen LogP) is 3.09. The minimum absolute atomic E-state index is 0.0977. The van der Waals surface area contributed by atoms with Crippen molar-refractivity contribution in [2.24, 2.45) is 17.6 Å². The van der Waals surface area contributed by atoms with E-state index in [2.05, 4.69) is 6.07 Å². The maximum atomic E-state index is 13.3. The number of aryl methyl sites for hydroxylation is 1. The number of hydrogen-bond donors (Lipinski definition) is 1. The van der Waals surface area contributed by atoms with E-state index in [1.165, 1.54) is 6.42 Å². The molecular weight excluding hydrogens is 312 g/mol. The van der Waals surface area contributed by atoms with Gasteiger partial charge in [-0.05, 0) is 54.5 Å². The lowest BCUT2D eigenvalue weighted by Crippen LogP contribution is -2.42. The Balaban J connectivity index is 1.73. The Labute approximate surface area is 148 Å². The van der Waals surface area contributed by atoms with Crippen LogP contribution in [0.5, 0.6) is 5.75 Å². The number of carbonyl (C=O) groups excluding carboxylic acids is 1. The quantitative estimate of drug-likeness (QED) is 0.933. The van der Waals surface area contributed by atoms with Gasteiger partial charge in [0.2, 0.25) is 0 Å². The van der Waals surface area contributed by atoms with E-state index in [1.54, 1.807) is 7.11 Å². The fourth-order valence-electron chi connectivity index (χ4n) is 4.14. The van der Waals surface area contributed by atoms with Crippen LogP contribution < -0.4 is 10.5 Å². The van der Waals surface area contributed by atoms with Gasteiger partial charge in [-0.25, -0.2) is 0 Å². The molecule has 1 aliphatic heterocycles. The number of rotatable bonds is 4. The van der Waals surface area contributed by atoms with E-state index in [0.717, 1.165) is 34.5 Å². The third kappa shape index (κ3) is 2.81. The lowest BCUT2D eigenvalue weighted by molar-refractivity contribution is 0.0713. The Kier molecular flexibility index (Phi) is 4.00. The standard InChI is InChI=1S/C21H24N2O2/c1-13-6-7-17(18(8-13)14-4-3-5-16(9-14)25-2)21(24)23-12-15-10-19(15)20(23)11-22/h3-9,15,19-20H,10-12,22H2,1-2H3/t15-,19-,20-/m1/s1. The number of fused-ring (bicyclic) bond motifs is 1. The monoisotopic (exact) mass is 336 g/mol. The molecule has 0 aromatic heterocycles. The molecule has 1 heterocycles. The maximum Gasteiger partial charge on any atom is 0.254 e. The molecule has 130 valence electrons. The Morgan fingerprint density at radius 2 is 2.12 bits per heavy atom. The molecule has 1 saturated heterocycles. The first-order chi connectivity index (χ1) is 12.1. The summed E-state index contributed by atoms with van der Waals surface area (Å²) in [6.45, 7) is 3.44. The maximum absolute atomic E-state index is 13.3. The van der Waals surface area contributed by atoms with Crippen LogP contribution in [0.3, 0.4) is 0 Å². The highest BCUT2D eigenvalue weighted by molar-refractivity contribution is 6.01. The van der Waals surface area contributed by atoms with Crippen molar-refractivity contribution in [3.63, 3.8) is 0 Å². The van der Waals surface area contributed by atoms with E-state index in [9.17, 15) is 4.79 Å². The number of nitrogens with zero attached hydrogens (tertiary/aromatic N) is 1. The van der Waals surface area contributed by atoms with Gasteiger partial charge in [0, 0.05) is 24.7 Å². The first-order valence-electron chi connectivity index (χ1n) is 8.88. The third-order valence-electron chi connectivity index (χ3n) is 5.59. The average Bonchev–Trinajstić information content (AvgIpc) is 3.31. The number of methoxy groups -OCH3 is 1. The lowest BCUT2D eigenvalue weighted by Gasteiger charge is -2.27. The SMILES string of the molecule is COc1cccc(-c2cc(C)ccc2C(=O)N2C[C@H]3C[C@H]3[C@H]2CN)c1. The summed E-state index contributed by atoms with van der Waals surface area (Å²) in [5, 5.41) is 0. The summed E-state index contributed by atoms with van der Waals surface area (Å²) in [6.07, 6.45) is 1.22. The molecule has 4 rings (SSSR count). The van der Waals surface area contributed by atoms with Crippen LogP contribution in [0.1, 0.15) is 22.3 Å². The molecule has 0 radical (unpaired) electrons. The molecule has 0 spiro atoms. The summed E-state index contributed by atoms with van der Waals surface area (Å²) < 4.78 is 5.35. The number of nitrogens with two attached hydrogens (primary N) is 1. The summed E-state index contributed by atoms with van der Waals surface area (Å²) in [5.41, 5.74) is 9.80. The highest BCUT2D eigenvalue weighted by Crippen LogP contribution is 2.49. The normalized spacial score (nSPS) is 24.1. The number of hydrogen-bond acceptors (Lipinski definition) is 3. The van der Waals surface area contributed by atoms with Crippen LogP contribution in [0.25, 0.3) is 11.1 Å². The van der Waals surface area contributed by atoms with Gasteiger partial charge in [-0.3, -0.25) is 4.79 Å². The van der Waals surface area contributed by atoms with Crippen LogP contribution in [0.2, 0.25) is 0 Å². The summed E-state index contributed by atoms with van der Waals surface area (Å²) in [4.78, 5) is 15.3. The molecule has 25 heavy (non-hydrogen) atoms. The molecule has 2 N–H and O–H groups in total. The molecule has 0 bridgehead atoms. The highest BCUT2D eigenvalue weighted by atomic mass is 16.5. The van der Waals surface area contributed by atoms with Gasteiger partial charge in [-0.2, -0.15) is 0 Å². The van der Waals surface area contributed by atoms with Crippen LogP contribution in [-0.4, -0.2) is 37.0 Å². The van der Waals surface area contributed by atoms with Crippen molar-refractivity contribution in [1.29, 1.82) is 0 Å². The van der Waals surface area contributed by atoms with Crippen LogP contribution in [-0.2, 0) is 0 Å². The van der Waals surface area contributed by atoms with Crippen molar-refractivity contribution < 1.29 is 9.53 Å². The molecule has 3 atom stereocenters. The minimum atomic E-state index is 0.0977. The molecule has 4 nitrogen and oxygen atoms in total. The van der Waals surface area contributed by atoms with E-state index in [0.29, 0.717) is 18.4 Å². The van der Waals surface area contributed by atoms with Crippen LogP contribution in [0.4, 0.5) is 0 Å². The van der Waals surface area contributed by atoms with E-state index in [-0.39, 0.29) is 11.9 Å². The zero-order valence-electron chi connectivity index (χ0n) is 14.7. The molecule has 1 saturated carbocycles. The third-order valence-corrected chi connectivity index (χ3v) is 5.59. The zero-order valence-corrected chi connectivity index (χ0v) is 14.7. The van der Waals surface area contributed by atoms with Gasteiger partial charge >= 0.3 is 0 Å². The first kappa shape index (κ1) is 16.2. The second-order valence-electron chi connectivity index (χ2n) is 7.20. The number of ether oxygens (including phenoxy) is 1. The largest absolute Gasteiger partial charge is 0.497 e. The van der Waals surface area contributed by atoms with Gasteiger partial charge < -0.3 is 15.4 Å². The van der Waals surface area contributed by atoms with Crippen LogP contribution >= 0.6 is 0 Å². The van der Waals surface area contributed by atoms with Crippen LogP contribution in [0.15, 0.2) is 42.5 Å². The smallest absolute Gasteiger partial charge is 0.254 e. The van der Waals surface area contributed by atoms with Gasteiger partial charge in [0.1, 0.15) is 5.75 Å². The Morgan fingerprint density at radius 1 is 1.28 bits per heavy atom. The van der Waals surface area contributed by atoms with Crippen molar-refractivity contribution in [2.45, 2.75) is 19.4 Å². The molecule has 2 aliphatic rings. The fourth-order valence-corrected chi connectivity index (χ4v) is 4.14. The van der Waals surface area contributed by atoms with E-state index in [1.807, 2.05) is 48.2 Å². The number of piperidine rings is 1. The molecule has 2 aromatic carbocycles. The first-order valence-corrected chi connectivity index (χ1v) is 8.88. The van der Waals surface area contributed by atoms with Gasteiger partial charge in [-0.1, -0.05) is 29.8 Å². The number of benzene rings is 2. The molecule has 1 amide bonds. The average molecular weight is 336 g/mol. The Hall–Kier alpha value is -2.33. The van der Waals surface area contributed by atoms with Gasteiger partial charge in [0.25, 0.3) is 5.91 Å². The highest BCUT2D eigenvalue weighted by Gasteiger charge is 2.53.